The van der Waals surface area contributed by atoms with Crippen molar-refractivity contribution in [3.63, 3.8) is 0 Å². The predicted molar refractivity (Wildman–Crippen MR) is 53.2 cm³/mol. The standard InChI is InChI=1S/C11H13NO2/c1-7-6-12-10(11(13)14)9-5-3-2-4-8(7)9/h2-5,7,10,12H,6H2,1H3,(H,13,14)/t7-,10+/m1/s1. The summed E-state index contributed by atoms with van der Waals surface area (Å²) in [6.07, 6.45) is 0. The van der Waals surface area contributed by atoms with Crippen LogP contribution in [0.3, 0.4) is 0 Å². The molecule has 2 atom stereocenters. The average molecular weight is 191 g/mol. The fourth-order valence-corrected chi connectivity index (χ4v) is 1.96. The van der Waals surface area contributed by atoms with E-state index in [1.807, 2.05) is 24.3 Å². The van der Waals surface area contributed by atoms with Gasteiger partial charge in [-0.25, -0.2) is 0 Å². The summed E-state index contributed by atoms with van der Waals surface area (Å²) in [5.74, 6) is -0.411. The van der Waals surface area contributed by atoms with Gasteiger partial charge in [-0.1, -0.05) is 31.2 Å². The van der Waals surface area contributed by atoms with Gasteiger partial charge in [0.1, 0.15) is 6.04 Å². The summed E-state index contributed by atoms with van der Waals surface area (Å²) in [5, 5.41) is 12.0. The van der Waals surface area contributed by atoms with E-state index in [0.29, 0.717) is 5.92 Å². The third-order valence-electron chi connectivity index (χ3n) is 2.71. The molecule has 0 radical (unpaired) electrons. The summed E-state index contributed by atoms with van der Waals surface area (Å²) < 4.78 is 0. The second kappa shape index (κ2) is 3.42. The lowest BCUT2D eigenvalue weighted by Crippen LogP contribution is -2.36. The van der Waals surface area contributed by atoms with Crippen molar-refractivity contribution in [3.8, 4) is 0 Å². The Morgan fingerprint density at radius 1 is 1.43 bits per heavy atom. The Labute approximate surface area is 82.8 Å². The fraction of sp³-hybridized carbons (Fsp3) is 0.364. The van der Waals surface area contributed by atoms with E-state index in [4.69, 9.17) is 5.11 Å². The molecule has 0 amide bonds. The summed E-state index contributed by atoms with van der Waals surface area (Å²) in [5.41, 5.74) is 2.05. The number of hydrogen-bond donors (Lipinski definition) is 2. The Morgan fingerprint density at radius 3 is 2.71 bits per heavy atom. The van der Waals surface area contributed by atoms with E-state index in [1.54, 1.807) is 0 Å². The molecule has 2 rings (SSSR count). The van der Waals surface area contributed by atoms with Crippen molar-refractivity contribution in [1.82, 2.24) is 5.32 Å². The summed E-state index contributed by atoms with van der Waals surface area (Å²) in [4.78, 5) is 11.0. The molecule has 0 fully saturated rings. The van der Waals surface area contributed by atoms with Gasteiger partial charge in [0.25, 0.3) is 0 Å². The number of aliphatic carboxylic acids is 1. The first kappa shape index (κ1) is 9.21. The maximum atomic E-state index is 11.0. The van der Waals surface area contributed by atoms with Crippen LogP contribution in [-0.2, 0) is 4.79 Å². The maximum absolute atomic E-state index is 11.0. The number of hydrogen-bond acceptors (Lipinski definition) is 2. The number of carbonyl (C=O) groups is 1. The molecule has 2 N–H and O–H groups in total. The second-order valence-corrected chi connectivity index (χ2v) is 3.71. The normalized spacial score (nSPS) is 25.5. The van der Waals surface area contributed by atoms with Gasteiger partial charge >= 0.3 is 5.97 Å². The SMILES string of the molecule is C[C@@H]1CN[C@H](C(=O)O)c2ccccc21. The van der Waals surface area contributed by atoms with Crippen LogP contribution in [0.2, 0.25) is 0 Å². The lowest BCUT2D eigenvalue weighted by atomic mass is 9.88. The van der Waals surface area contributed by atoms with Crippen molar-refractivity contribution in [1.29, 1.82) is 0 Å². The van der Waals surface area contributed by atoms with Crippen LogP contribution in [0.4, 0.5) is 0 Å². The molecule has 3 nitrogen and oxygen atoms in total. The Hall–Kier alpha value is -1.35. The predicted octanol–water partition coefficient (Wildman–Crippen LogP) is 1.52. The van der Waals surface area contributed by atoms with Crippen molar-refractivity contribution in [3.05, 3.63) is 35.4 Å². The summed E-state index contributed by atoms with van der Waals surface area (Å²) in [7, 11) is 0. The highest BCUT2D eigenvalue weighted by Gasteiger charge is 2.28. The zero-order chi connectivity index (χ0) is 10.1. The fourth-order valence-electron chi connectivity index (χ4n) is 1.96. The lowest BCUT2D eigenvalue weighted by Gasteiger charge is -2.28. The molecule has 14 heavy (non-hydrogen) atoms. The molecular formula is C11H13NO2. The number of carboxylic acid groups (broad SMARTS) is 1. The van der Waals surface area contributed by atoms with Gasteiger partial charge in [-0.15, -0.1) is 0 Å². The molecule has 1 aliphatic rings. The summed E-state index contributed by atoms with van der Waals surface area (Å²) in [6, 6.07) is 7.20. The van der Waals surface area contributed by atoms with Crippen LogP contribution in [-0.4, -0.2) is 17.6 Å². The first-order valence-electron chi connectivity index (χ1n) is 4.75. The molecule has 1 heterocycles. The Morgan fingerprint density at radius 2 is 2.07 bits per heavy atom. The number of rotatable bonds is 1. The summed E-state index contributed by atoms with van der Waals surface area (Å²) >= 11 is 0. The van der Waals surface area contributed by atoms with Gasteiger partial charge < -0.3 is 10.4 Å². The van der Waals surface area contributed by atoms with Crippen molar-refractivity contribution < 1.29 is 9.90 Å². The van der Waals surface area contributed by atoms with Gasteiger partial charge in [-0.3, -0.25) is 4.79 Å². The van der Waals surface area contributed by atoms with Gasteiger partial charge in [-0.05, 0) is 17.0 Å². The topological polar surface area (TPSA) is 49.3 Å². The highest BCUT2D eigenvalue weighted by atomic mass is 16.4. The smallest absolute Gasteiger partial charge is 0.325 e. The van der Waals surface area contributed by atoms with Crippen LogP contribution in [0.1, 0.15) is 30.0 Å². The zero-order valence-corrected chi connectivity index (χ0v) is 8.03. The van der Waals surface area contributed by atoms with Gasteiger partial charge in [0.2, 0.25) is 0 Å². The van der Waals surface area contributed by atoms with E-state index in [2.05, 4.69) is 12.2 Å². The van der Waals surface area contributed by atoms with E-state index in [0.717, 1.165) is 17.7 Å². The first-order valence-corrected chi connectivity index (χ1v) is 4.75. The molecule has 0 saturated heterocycles. The molecule has 1 aromatic rings. The highest BCUT2D eigenvalue weighted by molar-refractivity contribution is 5.76. The lowest BCUT2D eigenvalue weighted by molar-refractivity contribution is -0.139. The second-order valence-electron chi connectivity index (χ2n) is 3.71. The van der Waals surface area contributed by atoms with E-state index in [1.165, 1.54) is 0 Å². The molecule has 0 unspecified atom stereocenters. The average Bonchev–Trinajstić information content (AvgIpc) is 2.18. The minimum Gasteiger partial charge on any atom is -0.480 e. The van der Waals surface area contributed by atoms with Crippen LogP contribution in [0.15, 0.2) is 24.3 Å². The number of benzene rings is 1. The van der Waals surface area contributed by atoms with Crippen LogP contribution in [0, 0.1) is 0 Å². The van der Waals surface area contributed by atoms with E-state index in [-0.39, 0.29) is 0 Å². The van der Waals surface area contributed by atoms with Crippen LogP contribution in [0.25, 0.3) is 0 Å². The van der Waals surface area contributed by atoms with Gasteiger partial charge in [-0.2, -0.15) is 0 Å². The molecule has 0 bridgehead atoms. The van der Waals surface area contributed by atoms with Gasteiger partial charge in [0.15, 0.2) is 0 Å². The Bertz CT molecular complexity index is 362. The third-order valence-corrected chi connectivity index (χ3v) is 2.71. The van der Waals surface area contributed by atoms with E-state index < -0.39 is 12.0 Å². The van der Waals surface area contributed by atoms with Crippen molar-refractivity contribution >= 4 is 5.97 Å². The van der Waals surface area contributed by atoms with Crippen molar-refractivity contribution in [2.24, 2.45) is 0 Å². The number of fused-ring (bicyclic) bond motifs is 1. The first-order chi connectivity index (χ1) is 6.70. The minimum absolute atomic E-state index is 0.391. The maximum Gasteiger partial charge on any atom is 0.325 e. The molecule has 0 aliphatic carbocycles. The van der Waals surface area contributed by atoms with Crippen molar-refractivity contribution in [2.45, 2.75) is 18.9 Å². The summed E-state index contributed by atoms with van der Waals surface area (Å²) in [6.45, 7) is 2.83. The molecule has 0 spiro atoms. The van der Waals surface area contributed by atoms with Gasteiger partial charge in [0.05, 0.1) is 0 Å². The molecule has 3 heteroatoms. The molecule has 74 valence electrons. The van der Waals surface area contributed by atoms with Crippen LogP contribution < -0.4 is 5.32 Å². The molecule has 1 aliphatic heterocycles. The van der Waals surface area contributed by atoms with Crippen molar-refractivity contribution in [2.75, 3.05) is 6.54 Å². The van der Waals surface area contributed by atoms with Crippen LogP contribution in [0.5, 0.6) is 0 Å². The van der Waals surface area contributed by atoms with E-state index >= 15 is 0 Å². The van der Waals surface area contributed by atoms with E-state index in [9.17, 15) is 4.79 Å². The molecular weight excluding hydrogens is 178 g/mol. The Balaban J connectivity index is 2.46. The minimum atomic E-state index is -0.802. The molecule has 1 aromatic carbocycles. The largest absolute Gasteiger partial charge is 0.480 e. The monoisotopic (exact) mass is 191 g/mol. The van der Waals surface area contributed by atoms with Gasteiger partial charge in [0, 0.05) is 6.54 Å². The number of nitrogens with one attached hydrogen (secondary N) is 1. The highest BCUT2D eigenvalue weighted by Crippen LogP contribution is 2.29. The molecule has 0 saturated carbocycles. The zero-order valence-electron chi connectivity index (χ0n) is 8.03. The quantitative estimate of drug-likeness (QED) is 0.707. The third kappa shape index (κ3) is 1.40. The molecule has 0 aromatic heterocycles. The van der Waals surface area contributed by atoms with Crippen LogP contribution >= 0.6 is 0 Å². The Kier molecular flexibility index (Phi) is 2.25. The number of carboxylic acids is 1.